The van der Waals surface area contributed by atoms with Gasteiger partial charge in [0, 0.05) is 12.1 Å². The molecule has 0 aliphatic heterocycles. The molecule has 1 fully saturated rings. The van der Waals surface area contributed by atoms with Crippen LogP contribution >= 0.6 is 0 Å². The summed E-state index contributed by atoms with van der Waals surface area (Å²) in [6, 6.07) is -0.733. The topological polar surface area (TPSA) is 105 Å². The molecule has 1 saturated carbocycles. The predicted octanol–water partition coefficient (Wildman–Crippen LogP) is 0.141. The number of urea groups is 1. The maximum Gasteiger partial charge on any atom is 0.332 e. The maximum absolute atomic E-state index is 10.7. The summed E-state index contributed by atoms with van der Waals surface area (Å²) >= 11 is 0. The Morgan fingerprint density at radius 1 is 1.64 bits per heavy atom. The standard InChI is InChI=1S/C8H13N3O3/c1-4-2-5(7(12)13)3-6(4)10-11-8(9)14/h4-5H,2-3H2,1H3,(H,12,13)(H3,9,11,14)/b10-6+. The molecule has 1 aliphatic carbocycles. The van der Waals surface area contributed by atoms with Crippen molar-refractivity contribution in [3.8, 4) is 0 Å². The second-order valence-electron chi connectivity index (χ2n) is 3.46. The second kappa shape index (κ2) is 4.08. The number of aliphatic carboxylic acids is 1. The minimum Gasteiger partial charge on any atom is -0.481 e. The minimum atomic E-state index is -0.818. The highest BCUT2D eigenvalue weighted by molar-refractivity contribution is 5.93. The number of carbonyl (C=O) groups excluding carboxylic acids is 1. The Bertz CT molecular complexity index is 288. The van der Waals surface area contributed by atoms with Gasteiger partial charge in [0.1, 0.15) is 0 Å². The van der Waals surface area contributed by atoms with E-state index >= 15 is 0 Å². The van der Waals surface area contributed by atoms with E-state index in [-0.39, 0.29) is 5.92 Å². The van der Waals surface area contributed by atoms with E-state index < -0.39 is 17.9 Å². The number of primary amides is 1. The van der Waals surface area contributed by atoms with Crippen molar-refractivity contribution in [2.24, 2.45) is 22.7 Å². The molecule has 0 bridgehead atoms. The first-order chi connectivity index (χ1) is 6.50. The maximum atomic E-state index is 10.7. The third kappa shape index (κ3) is 2.45. The number of nitrogens with two attached hydrogens (primary N) is 1. The fraction of sp³-hybridized carbons (Fsp3) is 0.625. The molecule has 1 rings (SSSR count). The molecule has 78 valence electrons. The third-order valence-electron chi connectivity index (χ3n) is 2.32. The van der Waals surface area contributed by atoms with Crippen LogP contribution in [0.2, 0.25) is 0 Å². The lowest BCUT2D eigenvalue weighted by atomic mass is 10.1. The Hall–Kier alpha value is -1.59. The van der Waals surface area contributed by atoms with Crippen molar-refractivity contribution in [3.05, 3.63) is 0 Å². The summed E-state index contributed by atoms with van der Waals surface area (Å²) in [7, 11) is 0. The van der Waals surface area contributed by atoms with Crippen LogP contribution in [-0.4, -0.2) is 22.8 Å². The number of hydrazone groups is 1. The number of carboxylic acid groups (broad SMARTS) is 1. The molecule has 14 heavy (non-hydrogen) atoms. The van der Waals surface area contributed by atoms with Crippen molar-refractivity contribution in [3.63, 3.8) is 0 Å². The Kier molecular flexibility index (Phi) is 3.06. The number of nitrogens with zero attached hydrogens (tertiary/aromatic N) is 1. The molecule has 2 atom stereocenters. The largest absolute Gasteiger partial charge is 0.481 e. The fourth-order valence-electron chi connectivity index (χ4n) is 1.57. The molecule has 0 heterocycles. The van der Waals surface area contributed by atoms with E-state index in [0.29, 0.717) is 18.6 Å². The van der Waals surface area contributed by atoms with Crippen LogP contribution in [0.3, 0.4) is 0 Å². The molecule has 6 nitrogen and oxygen atoms in total. The normalized spacial score (nSPS) is 29.1. The number of carbonyl (C=O) groups is 2. The highest BCUT2D eigenvalue weighted by atomic mass is 16.4. The molecule has 2 amide bonds. The van der Waals surface area contributed by atoms with E-state index in [1.165, 1.54) is 0 Å². The molecule has 0 aromatic rings. The molecule has 0 radical (unpaired) electrons. The smallest absolute Gasteiger partial charge is 0.332 e. The van der Waals surface area contributed by atoms with Crippen molar-refractivity contribution in [2.75, 3.05) is 0 Å². The quantitative estimate of drug-likeness (QED) is 0.551. The zero-order chi connectivity index (χ0) is 10.7. The van der Waals surface area contributed by atoms with Crippen molar-refractivity contribution >= 4 is 17.7 Å². The van der Waals surface area contributed by atoms with E-state index in [1.54, 1.807) is 0 Å². The van der Waals surface area contributed by atoms with Crippen LogP contribution in [-0.2, 0) is 4.79 Å². The van der Waals surface area contributed by atoms with Crippen LogP contribution in [0, 0.1) is 11.8 Å². The minimum absolute atomic E-state index is 0.0861. The lowest BCUT2D eigenvalue weighted by Gasteiger charge is -2.01. The number of hydrogen-bond acceptors (Lipinski definition) is 3. The average molecular weight is 199 g/mol. The number of hydrogen-bond donors (Lipinski definition) is 3. The van der Waals surface area contributed by atoms with Crippen molar-refractivity contribution in [1.29, 1.82) is 0 Å². The van der Waals surface area contributed by atoms with Gasteiger partial charge in [0.15, 0.2) is 0 Å². The second-order valence-corrected chi connectivity index (χ2v) is 3.46. The van der Waals surface area contributed by atoms with Gasteiger partial charge < -0.3 is 10.8 Å². The first-order valence-corrected chi connectivity index (χ1v) is 4.35. The SMILES string of the molecule is CC1CC(C(=O)O)C/C1=N\NC(N)=O. The first-order valence-electron chi connectivity index (χ1n) is 4.35. The van der Waals surface area contributed by atoms with Gasteiger partial charge in [0.2, 0.25) is 0 Å². The molecule has 6 heteroatoms. The Morgan fingerprint density at radius 3 is 2.71 bits per heavy atom. The average Bonchev–Trinajstić information content (AvgIpc) is 2.43. The summed E-state index contributed by atoms with van der Waals surface area (Å²) in [5.74, 6) is -1.12. The monoisotopic (exact) mass is 199 g/mol. The molecule has 0 saturated heterocycles. The van der Waals surface area contributed by atoms with Gasteiger partial charge in [0.25, 0.3) is 0 Å². The summed E-state index contributed by atoms with van der Waals surface area (Å²) in [5, 5.41) is 12.5. The van der Waals surface area contributed by atoms with E-state index in [4.69, 9.17) is 10.8 Å². The van der Waals surface area contributed by atoms with Gasteiger partial charge in [-0.1, -0.05) is 6.92 Å². The van der Waals surface area contributed by atoms with Crippen molar-refractivity contribution in [2.45, 2.75) is 19.8 Å². The molecule has 0 aromatic carbocycles. The van der Waals surface area contributed by atoms with Crippen LogP contribution < -0.4 is 11.2 Å². The zero-order valence-corrected chi connectivity index (χ0v) is 7.86. The van der Waals surface area contributed by atoms with Gasteiger partial charge in [-0.3, -0.25) is 4.79 Å². The number of carboxylic acids is 1. The zero-order valence-electron chi connectivity index (χ0n) is 7.86. The van der Waals surface area contributed by atoms with Gasteiger partial charge in [-0.15, -0.1) is 0 Å². The molecular formula is C8H13N3O3. The third-order valence-corrected chi connectivity index (χ3v) is 2.32. The van der Waals surface area contributed by atoms with Gasteiger partial charge >= 0.3 is 12.0 Å². The Labute approximate surface area is 81.2 Å². The molecular weight excluding hydrogens is 186 g/mol. The van der Waals surface area contributed by atoms with Gasteiger partial charge in [-0.25, -0.2) is 10.2 Å². The Morgan fingerprint density at radius 2 is 2.29 bits per heavy atom. The van der Waals surface area contributed by atoms with E-state index in [2.05, 4.69) is 10.5 Å². The fourth-order valence-corrected chi connectivity index (χ4v) is 1.57. The predicted molar refractivity (Wildman–Crippen MR) is 49.7 cm³/mol. The highest BCUT2D eigenvalue weighted by Crippen LogP contribution is 2.28. The lowest BCUT2D eigenvalue weighted by molar-refractivity contribution is -0.141. The summed E-state index contributed by atoms with van der Waals surface area (Å²) in [4.78, 5) is 21.0. The van der Waals surface area contributed by atoms with Crippen molar-refractivity contribution in [1.82, 2.24) is 5.43 Å². The molecule has 0 spiro atoms. The summed E-state index contributed by atoms with van der Waals surface area (Å²) in [6.45, 7) is 1.88. The summed E-state index contributed by atoms with van der Waals surface area (Å²) in [5.41, 5.74) is 7.64. The van der Waals surface area contributed by atoms with Crippen LogP contribution in [0.1, 0.15) is 19.8 Å². The van der Waals surface area contributed by atoms with Crippen LogP contribution in [0.15, 0.2) is 5.10 Å². The lowest BCUT2D eigenvalue weighted by Crippen LogP contribution is -2.26. The summed E-state index contributed by atoms with van der Waals surface area (Å²) in [6.07, 6.45) is 0.950. The van der Waals surface area contributed by atoms with Crippen molar-refractivity contribution < 1.29 is 14.7 Å². The molecule has 1 aliphatic rings. The Balaban J connectivity index is 2.60. The number of amides is 2. The van der Waals surface area contributed by atoms with Gasteiger partial charge in [-0.2, -0.15) is 5.10 Å². The van der Waals surface area contributed by atoms with E-state index in [0.717, 1.165) is 0 Å². The number of rotatable bonds is 2. The number of nitrogens with one attached hydrogen (secondary N) is 1. The van der Waals surface area contributed by atoms with Crippen LogP contribution in [0.5, 0.6) is 0 Å². The first kappa shape index (κ1) is 10.5. The highest BCUT2D eigenvalue weighted by Gasteiger charge is 2.32. The van der Waals surface area contributed by atoms with Gasteiger partial charge in [-0.05, 0) is 12.3 Å². The molecule has 4 N–H and O–H groups in total. The molecule has 2 unspecified atom stereocenters. The van der Waals surface area contributed by atoms with Crippen LogP contribution in [0.4, 0.5) is 4.79 Å². The van der Waals surface area contributed by atoms with Crippen LogP contribution in [0.25, 0.3) is 0 Å². The van der Waals surface area contributed by atoms with Gasteiger partial charge in [0.05, 0.1) is 5.92 Å². The van der Waals surface area contributed by atoms with E-state index in [9.17, 15) is 9.59 Å². The summed E-state index contributed by atoms with van der Waals surface area (Å²) < 4.78 is 0. The van der Waals surface area contributed by atoms with E-state index in [1.807, 2.05) is 6.92 Å². The molecule has 0 aromatic heterocycles.